The summed E-state index contributed by atoms with van der Waals surface area (Å²) in [5.41, 5.74) is 1.10. The molecule has 2 aliphatic heterocycles. The van der Waals surface area contributed by atoms with Crippen LogP contribution in [0.25, 0.3) is 21.2 Å². The van der Waals surface area contributed by atoms with E-state index in [1.165, 1.54) is 16.2 Å². The zero-order valence-corrected chi connectivity index (χ0v) is 23.7. The molecule has 0 saturated carbocycles. The van der Waals surface area contributed by atoms with E-state index in [1.807, 2.05) is 18.2 Å². The first-order chi connectivity index (χ1) is 19.0. The highest BCUT2D eigenvalue weighted by Crippen LogP contribution is 2.46. The Morgan fingerprint density at radius 1 is 1.20 bits per heavy atom. The SMILES string of the molecule is CC(C)(C)OC(=O)Nc1sc2cccc(-c3ccc4c(c3Cl)OCC[C@H]3CN(C(=O)O)CCN3C4=O)c2c1C#N. The van der Waals surface area contributed by atoms with Gasteiger partial charge < -0.3 is 24.4 Å². The highest BCUT2D eigenvalue weighted by Gasteiger charge is 2.36. The summed E-state index contributed by atoms with van der Waals surface area (Å²) in [5.74, 6) is -0.0189. The highest BCUT2D eigenvalue weighted by molar-refractivity contribution is 7.23. The molecule has 40 heavy (non-hydrogen) atoms. The number of benzene rings is 2. The summed E-state index contributed by atoms with van der Waals surface area (Å²) in [7, 11) is 0. The van der Waals surface area contributed by atoms with E-state index < -0.39 is 17.8 Å². The average Bonchev–Trinajstić information content (AvgIpc) is 3.24. The van der Waals surface area contributed by atoms with Crippen molar-refractivity contribution in [1.82, 2.24) is 9.80 Å². The molecule has 0 aliphatic carbocycles. The number of hydrogen-bond acceptors (Lipinski definition) is 7. The van der Waals surface area contributed by atoms with E-state index in [4.69, 9.17) is 21.1 Å². The van der Waals surface area contributed by atoms with Crippen LogP contribution in [-0.2, 0) is 4.74 Å². The second kappa shape index (κ2) is 10.5. The Hall–Kier alpha value is -4.01. The van der Waals surface area contributed by atoms with Crippen LogP contribution in [0.2, 0.25) is 5.02 Å². The fourth-order valence-electron chi connectivity index (χ4n) is 5.03. The van der Waals surface area contributed by atoms with Gasteiger partial charge in [0, 0.05) is 41.7 Å². The zero-order valence-electron chi connectivity index (χ0n) is 22.1. The normalized spacial score (nSPS) is 17.2. The summed E-state index contributed by atoms with van der Waals surface area (Å²) >= 11 is 8.15. The van der Waals surface area contributed by atoms with E-state index in [1.54, 1.807) is 37.8 Å². The molecule has 0 unspecified atom stereocenters. The third kappa shape index (κ3) is 5.12. The molecule has 0 radical (unpaired) electrons. The van der Waals surface area contributed by atoms with Gasteiger partial charge in [-0.15, -0.1) is 11.3 Å². The minimum absolute atomic E-state index is 0.225. The van der Waals surface area contributed by atoms with Gasteiger partial charge in [0.15, 0.2) is 5.75 Å². The molecular formula is C28H27ClN4O6S. The van der Waals surface area contributed by atoms with Crippen molar-refractivity contribution in [3.05, 3.63) is 46.5 Å². The smallest absolute Gasteiger partial charge is 0.412 e. The number of piperazine rings is 1. The molecule has 3 aromatic rings. The number of carbonyl (C=O) groups excluding carboxylic acids is 2. The number of amides is 3. The molecule has 1 atom stereocenters. The molecule has 12 heteroatoms. The van der Waals surface area contributed by atoms with Gasteiger partial charge in [0.1, 0.15) is 16.7 Å². The molecule has 1 saturated heterocycles. The largest absolute Gasteiger partial charge is 0.491 e. The molecule has 1 fully saturated rings. The second-order valence-corrected chi connectivity index (χ2v) is 12.0. The van der Waals surface area contributed by atoms with Crippen molar-refractivity contribution in [3.8, 4) is 22.9 Å². The Kier molecular flexibility index (Phi) is 7.25. The molecule has 1 aromatic heterocycles. The maximum Gasteiger partial charge on any atom is 0.412 e. The molecule has 2 N–H and O–H groups in total. The van der Waals surface area contributed by atoms with Crippen molar-refractivity contribution in [2.45, 2.75) is 38.8 Å². The number of halogens is 1. The standard InChI is InChI=1S/C28H27ClN4O6S/c1-28(2,3)39-26(35)31-24-19(13-30)21-16(5-4-6-20(21)40-24)17-7-8-18-23(22(17)29)38-12-9-15-14-32(27(36)37)10-11-33(15)25(18)34/h4-8,15H,9-12,14H2,1-3H3,(H,31,35)(H,36,37)/t15-/m0/s1. The molecular weight excluding hydrogens is 556 g/mol. The predicted molar refractivity (Wildman–Crippen MR) is 151 cm³/mol. The van der Waals surface area contributed by atoms with E-state index in [9.17, 15) is 24.8 Å². The van der Waals surface area contributed by atoms with E-state index in [2.05, 4.69) is 11.4 Å². The summed E-state index contributed by atoms with van der Waals surface area (Å²) in [4.78, 5) is 40.5. The molecule has 0 bridgehead atoms. The van der Waals surface area contributed by atoms with Gasteiger partial charge in [0.2, 0.25) is 0 Å². The van der Waals surface area contributed by atoms with Crippen LogP contribution < -0.4 is 10.1 Å². The maximum absolute atomic E-state index is 13.5. The Morgan fingerprint density at radius 3 is 2.65 bits per heavy atom. The Labute approximate surface area is 239 Å². The first-order valence-electron chi connectivity index (χ1n) is 12.7. The summed E-state index contributed by atoms with van der Waals surface area (Å²) in [6.45, 7) is 6.25. The predicted octanol–water partition coefficient (Wildman–Crippen LogP) is 6.03. The van der Waals surface area contributed by atoms with Crippen LogP contribution in [0.15, 0.2) is 30.3 Å². The van der Waals surface area contributed by atoms with Crippen LogP contribution in [0, 0.1) is 11.3 Å². The van der Waals surface area contributed by atoms with Gasteiger partial charge in [-0.3, -0.25) is 10.1 Å². The van der Waals surface area contributed by atoms with E-state index >= 15 is 0 Å². The van der Waals surface area contributed by atoms with Gasteiger partial charge in [-0.25, -0.2) is 9.59 Å². The van der Waals surface area contributed by atoms with Crippen molar-refractivity contribution in [1.29, 1.82) is 5.26 Å². The van der Waals surface area contributed by atoms with Crippen molar-refractivity contribution in [2.75, 3.05) is 31.6 Å². The fourth-order valence-corrected chi connectivity index (χ4v) is 6.42. The number of nitrogens with one attached hydrogen (secondary N) is 1. The number of thiophene rings is 1. The third-order valence-corrected chi connectivity index (χ3v) is 8.22. The molecule has 2 aromatic carbocycles. The summed E-state index contributed by atoms with van der Waals surface area (Å²) in [5, 5.41) is 23.4. The van der Waals surface area contributed by atoms with E-state index in [0.29, 0.717) is 33.5 Å². The van der Waals surface area contributed by atoms with Crippen LogP contribution >= 0.6 is 22.9 Å². The van der Waals surface area contributed by atoms with Gasteiger partial charge >= 0.3 is 12.2 Å². The number of hydrogen-bond donors (Lipinski definition) is 2. The molecule has 208 valence electrons. The molecule has 10 nitrogen and oxygen atoms in total. The van der Waals surface area contributed by atoms with Gasteiger partial charge in [0.25, 0.3) is 5.91 Å². The topological polar surface area (TPSA) is 132 Å². The Morgan fingerprint density at radius 2 is 1.95 bits per heavy atom. The van der Waals surface area contributed by atoms with Gasteiger partial charge in [-0.05, 0) is 38.5 Å². The van der Waals surface area contributed by atoms with E-state index in [-0.39, 0.29) is 54.5 Å². The van der Waals surface area contributed by atoms with Crippen molar-refractivity contribution < 1.29 is 29.0 Å². The van der Waals surface area contributed by atoms with Crippen molar-refractivity contribution in [3.63, 3.8) is 0 Å². The van der Waals surface area contributed by atoms with Crippen LogP contribution in [0.1, 0.15) is 43.1 Å². The summed E-state index contributed by atoms with van der Waals surface area (Å²) in [6.07, 6.45) is -1.22. The third-order valence-electron chi connectivity index (χ3n) is 6.77. The summed E-state index contributed by atoms with van der Waals surface area (Å²) < 4.78 is 12.2. The Bertz CT molecular complexity index is 1570. The minimum Gasteiger partial charge on any atom is -0.491 e. The molecule has 0 spiro atoms. The van der Waals surface area contributed by atoms with Crippen molar-refractivity contribution >= 4 is 56.1 Å². The minimum atomic E-state index is -1.01. The van der Waals surface area contributed by atoms with E-state index in [0.717, 1.165) is 4.70 Å². The van der Waals surface area contributed by atoms with Gasteiger partial charge in [-0.1, -0.05) is 29.8 Å². The summed E-state index contributed by atoms with van der Waals surface area (Å²) in [6, 6.07) is 10.8. The lowest BCUT2D eigenvalue weighted by atomic mass is 9.96. The number of nitriles is 1. The second-order valence-electron chi connectivity index (χ2n) is 10.5. The lowest BCUT2D eigenvalue weighted by Crippen LogP contribution is -2.57. The molecule has 3 amide bonds. The van der Waals surface area contributed by atoms with Crippen LogP contribution in [0.3, 0.4) is 0 Å². The first kappa shape index (κ1) is 27.6. The number of carbonyl (C=O) groups is 3. The molecule has 3 heterocycles. The van der Waals surface area contributed by atoms with Crippen molar-refractivity contribution in [2.24, 2.45) is 0 Å². The van der Waals surface area contributed by atoms with Crippen LogP contribution in [-0.4, -0.2) is 70.9 Å². The zero-order chi connectivity index (χ0) is 28.8. The molecule has 5 rings (SSSR count). The fraction of sp³-hybridized carbons (Fsp3) is 0.357. The van der Waals surface area contributed by atoms with Crippen LogP contribution in [0.4, 0.5) is 14.6 Å². The van der Waals surface area contributed by atoms with Crippen LogP contribution in [0.5, 0.6) is 5.75 Å². The lowest BCUT2D eigenvalue weighted by molar-refractivity contribution is 0.0374. The maximum atomic E-state index is 13.5. The number of fused-ring (bicyclic) bond motifs is 3. The highest BCUT2D eigenvalue weighted by atomic mass is 35.5. The number of ether oxygens (including phenoxy) is 2. The monoisotopic (exact) mass is 582 g/mol. The number of rotatable bonds is 2. The van der Waals surface area contributed by atoms with Gasteiger partial charge in [0.05, 0.1) is 28.8 Å². The molecule has 2 aliphatic rings. The Balaban J connectivity index is 1.54. The van der Waals surface area contributed by atoms with Gasteiger partial charge in [-0.2, -0.15) is 5.26 Å². The number of anilines is 1. The average molecular weight is 583 g/mol. The number of nitrogens with zero attached hydrogens (tertiary/aromatic N) is 3. The quantitative estimate of drug-likeness (QED) is 0.377. The first-order valence-corrected chi connectivity index (χ1v) is 13.9. The number of carboxylic acid groups (broad SMARTS) is 1. The lowest BCUT2D eigenvalue weighted by Gasteiger charge is -2.41.